The molecule has 0 aliphatic carbocycles. The molecule has 1 aliphatic heterocycles. The first kappa shape index (κ1) is 22.1. The number of benzene rings is 1. The van der Waals surface area contributed by atoms with Gasteiger partial charge in [-0.1, -0.05) is 0 Å². The van der Waals surface area contributed by atoms with Crippen LogP contribution in [0.15, 0.2) is 36.8 Å². The first-order chi connectivity index (χ1) is 16.4. The molecule has 10 nitrogen and oxygen atoms in total. The first-order valence-corrected chi connectivity index (χ1v) is 10.9. The number of halogens is 1. The maximum Gasteiger partial charge on any atom is 0.229 e. The molecule has 1 saturated heterocycles. The number of hydroxylamine groups is 2. The summed E-state index contributed by atoms with van der Waals surface area (Å²) >= 11 is 0. The Morgan fingerprint density at radius 2 is 2.21 bits per heavy atom. The van der Waals surface area contributed by atoms with Gasteiger partial charge in [-0.15, -0.1) is 0 Å². The maximum absolute atomic E-state index is 14.6. The van der Waals surface area contributed by atoms with Crippen LogP contribution in [0.25, 0.3) is 16.7 Å². The molecular weight excluding hydrogens is 441 g/mol. The second kappa shape index (κ2) is 8.93. The Morgan fingerprint density at radius 3 is 2.94 bits per heavy atom. The molecule has 1 unspecified atom stereocenters. The van der Waals surface area contributed by atoms with Crippen LogP contribution in [0.5, 0.6) is 0 Å². The summed E-state index contributed by atoms with van der Waals surface area (Å²) in [6.07, 6.45) is 4.90. The smallest absolute Gasteiger partial charge is 0.229 e. The molecule has 0 spiro atoms. The van der Waals surface area contributed by atoms with E-state index in [0.29, 0.717) is 30.0 Å². The Morgan fingerprint density at radius 1 is 1.35 bits per heavy atom. The van der Waals surface area contributed by atoms with E-state index >= 15 is 0 Å². The summed E-state index contributed by atoms with van der Waals surface area (Å²) in [4.78, 5) is 25.3. The zero-order valence-corrected chi connectivity index (χ0v) is 18.8. The number of nitrogens with one attached hydrogen (secondary N) is 1. The molecule has 4 heterocycles. The van der Waals surface area contributed by atoms with E-state index in [1.165, 1.54) is 4.68 Å². The van der Waals surface area contributed by atoms with Gasteiger partial charge in [0.15, 0.2) is 17.9 Å². The summed E-state index contributed by atoms with van der Waals surface area (Å²) in [5.41, 5.74) is 3.74. The number of fused-ring (bicyclic) bond motifs is 1. The standard InChI is InChI=1S/C23H24FN7O3/c1-3-29-8-16(12-32)19-6-17(4-5-21(19)29)26-23-25-7-20(24)22(27-23)31-10-15(14(2)28-31)9-30-11-18(33)13-34-30/h4-8,10,12,18,33H,3,9,11,13H2,1-2H3,(H,25,26,27). The molecule has 11 heteroatoms. The van der Waals surface area contributed by atoms with Gasteiger partial charge >= 0.3 is 0 Å². The Kier molecular flexibility index (Phi) is 5.82. The van der Waals surface area contributed by atoms with Gasteiger partial charge in [0.2, 0.25) is 5.95 Å². The number of aldehydes is 1. The van der Waals surface area contributed by atoms with Gasteiger partial charge in [-0.3, -0.25) is 9.63 Å². The van der Waals surface area contributed by atoms with Crippen LogP contribution in [0, 0.1) is 12.7 Å². The average Bonchev–Trinajstić information content (AvgIpc) is 3.51. The topological polar surface area (TPSA) is 110 Å². The van der Waals surface area contributed by atoms with Crippen molar-refractivity contribution in [3.05, 3.63) is 59.4 Å². The van der Waals surface area contributed by atoms with Crippen LogP contribution in [0.3, 0.4) is 0 Å². The third-order valence-corrected chi connectivity index (χ3v) is 5.79. The van der Waals surface area contributed by atoms with Gasteiger partial charge in [-0.2, -0.15) is 15.1 Å². The number of β-amino-alcohol motifs (C(OH)–C–C–N with tert-alkyl or cyclic N) is 1. The molecular formula is C23H24FN7O3. The van der Waals surface area contributed by atoms with Gasteiger partial charge in [0.1, 0.15) is 0 Å². The van der Waals surface area contributed by atoms with Crippen molar-refractivity contribution in [3.8, 4) is 5.82 Å². The molecule has 0 radical (unpaired) electrons. The molecule has 0 saturated carbocycles. The van der Waals surface area contributed by atoms with Gasteiger partial charge in [0.05, 0.1) is 37.7 Å². The zero-order chi connectivity index (χ0) is 23.8. The summed E-state index contributed by atoms with van der Waals surface area (Å²) in [5.74, 6) is -0.425. The van der Waals surface area contributed by atoms with Gasteiger partial charge in [0.25, 0.3) is 0 Å². The number of aryl methyl sites for hydroxylation is 2. The van der Waals surface area contributed by atoms with Gasteiger partial charge < -0.3 is 15.0 Å². The molecule has 0 amide bonds. The van der Waals surface area contributed by atoms with Gasteiger partial charge in [-0.25, -0.2) is 14.1 Å². The number of hydrogen-bond acceptors (Lipinski definition) is 8. The van der Waals surface area contributed by atoms with Crippen molar-refractivity contribution >= 4 is 28.8 Å². The molecule has 4 aromatic rings. The fraction of sp³-hybridized carbons (Fsp3) is 0.304. The summed E-state index contributed by atoms with van der Waals surface area (Å²) in [7, 11) is 0. The second-order valence-electron chi connectivity index (χ2n) is 8.17. The maximum atomic E-state index is 14.6. The van der Waals surface area contributed by atoms with Crippen LogP contribution in [-0.2, 0) is 17.9 Å². The van der Waals surface area contributed by atoms with Crippen LogP contribution in [-0.4, -0.2) is 60.0 Å². The van der Waals surface area contributed by atoms with Crippen molar-refractivity contribution in [2.24, 2.45) is 0 Å². The van der Waals surface area contributed by atoms with E-state index in [4.69, 9.17) is 4.84 Å². The first-order valence-electron chi connectivity index (χ1n) is 10.9. The molecule has 34 heavy (non-hydrogen) atoms. The lowest BCUT2D eigenvalue weighted by atomic mass is 10.1. The van der Waals surface area contributed by atoms with Gasteiger partial charge in [0, 0.05) is 46.7 Å². The minimum atomic E-state index is -0.619. The summed E-state index contributed by atoms with van der Waals surface area (Å²) in [6, 6.07) is 5.62. The fourth-order valence-corrected chi connectivity index (χ4v) is 4.06. The van der Waals surface area contributed by atoms with E-state index < -0.39 is 11.9 Å². The number of aromatic nitrogens is 5. The second-order valence-corrected chi connectivity index (χ2v) is 8.17. The van der Waals surface area contributed by atoms with Crippen LogP contribution < -0.4 is 5.32 Å². The number of rotatable bonds is 7. The number of aliphatic hydroxyl groups is 1. The van der Waals surface area contributed by atoms with E-state index in [-0.39, 0.29) is 18.4 Å². The Balaban J connectivity index is 1.41. The minimum Gasteiger partial charge on any atom is -0.389 e. The molecule has 1 aliphatic rings. The Labute approximate surface area is 194 Å². The highest BCUT2D eigenvalue weighted by Gasteiger charge is 2.23. The number of hydrogen-bond donors (Lipinski definition) is 2. The van der Waals surface area contributed by atoms with E-state index in [1.807, 2.05) is 42.8 Å². The Hall–Kier alpha value is -3.67. The Bertz CT molecular complexity index is 1370. The number of carbonyl (C=O) groups is 1. The van der Waals surface area contributed by atoms with Crippen molar-refractivity contribution in [2.45, 2.75) is 33.0 Å². The predicted molar refractivity (Wildman–Crippen MR) is 123 cm³/mol. The monoisotopic (exact) mass is 465 g/mol. The molecule has 0 bridgehead atoms. The zero-order valence-electron chi connectivity index (χ0n) is 18.8. The largest absolute Gasteiger partial charge is 0.389 e. The molecule has 5 rings (SSSR count). The molecule has 176 valence electrons. The van der Waals surface area contributed by atoms with Crippen LogP contribution in [0.2, 0.25) is 0 Å². The summed E-state index contributed by atoms with van der Waals surface area (Å²) in [5, 5.41) is 19.6. The number of aliphatic hydroxyl groups excluding tert-OH is 1. The molecule has 3 aromatic heterocycles. The molecule has 1 atom stereocenters. The van der Waals surface area contributed by atoms with Crippen molar-refractivity contribution in [1.29, 1.82) is 0 Å². The number of carbonyl (C=O) groups excluding carboxylic acids is 1. The highest BCUT2D eigenvalue weighted by Crippen LogP contribution is 2.26. The molecule has 1 aromatic carbocycles. The van der Waals surface area contributed by atoms with Crippen molar-refractivity contribution in [2.75, 3.05) is 18.5 Å². The normalized spacial score (nSPS) is 16.4. The SMILES string of the molecule is CCn1cc(C=O)c2cc(Nc3ncc(F)c(-n4cc(CN5CC(O)CO5)c(C)n4)n3)ccc21. The highest BCUT2D eigenvalue weighted by atomic mass is 19.1. The molecule has 1 fully saturated rings. The van der Waals surface area contributed by atoms with Gasteiger partial charge in [-0.05, 0) is 32.0 Å². The van der Waals surface area contributed by atoms with E-state index in [0.717, 1.165) is 35.5 Å². The summed E-state index contributed by atoms with van der Waals surface area (Å²) in [6.45, 7) is 5.65. The minimum absolute atomic E-state index is 0.000944. The van der Waals surface area contributed by atoms with Crippen molar-refractivity contribution < 1.29 is 19.1 Å². The number of anilines is 2. The van der Waals surface area contributed by atoms with Crippen LogP contribution >= 0.6 is 0 Å². The lowest BCUT2D eigenvalue weighted by molar-refractivity contribution is -0.118. The van der Waals surface area contributed by atoms with E-state index in [1.54, 1.807) is 11.3 Å². The fourth-order valence-electron chi connectivity index (χ4n) is 4.06. The van der Waals surface area contributed by atoms with Crippen LogP contribution in [0.1, 0.15) is 28.5 Å². The summed E-state index contributed by atoms with van der Waals surface area (Å²) < 4.78 is 18.0. The van der Waals surface area contributed by atoms with Crippen molar-refractivity contribution in [1.82, 2.24) is 29.4 Å². The number of nitrogens with zero attached hydrogens (tertiary/aromatic N) is 6. The lowest BCUT2D eigenvalue weighted by Crippen LogP contribution is -2.20. The molecule has 2 N–H and O–H groups in total. The van der Waals surface area contributed by atoms with E-state index in [2.05, 4.69) is 20.4 Å². The predicted octanol–water partition coefficient (Wildman–Crippen LogP) is 2.75. The lowest BCUT2D eigenvalue weighted by Gasteiger charge is -2.12. The third-order valence-electron chi connectivity index (χ3n) is 5.79. The van der Waals surface area contributed by atoms with Crippen LogP contribution in [0.4, 0.5) is 16.0 Å². The highest BCUT2D eigenvalue weighted by molar-refractivity contribution is 5.99. The average molecular weight is 465 g/mol. The quantitative estimate of drug-likeness (QED) is 0.401. The van der Waals surface area contributed by atoms with Crippen molar-refractivity contribution in [3.63, 3.8) is 0 Å². The van der Waals surface area contributed by atoms with E-state index in [9.17, 15) is 14.3 Å². The third kappa shape index (κ3) is 4.16.